The third kappa shape index (κ3) is 3.56. The molecule has 25 heavy (non-hydrogen) atoms. The van der Waals surface area contributed by atoms with E-state index in [2.05, 4.69) is 15.4 Å². The van der Waals surface area contributed by atoms with Crippen molar-refractivity contribution in [2.45, 2.75) is 19.9 Å². The number of rotatable bonds is 5. The molecular weight excluding hydrogens is 344 g/mol. The van der Waals surface area contributed by atoms with Gasteiger partial charge in [-0.05, 0) is 12.1 Å². The SMILES string of the molecule is CC(=O)c1csc(NC(=O)CCn2[nH]c(=O)c3ccccc3c2=O)n1. The maximum Gasteiger partial charge on any atom is 0.273 e. The predicted octanol–water partition coefficient (Wildman–Crippen LogP) is 1.38. The summed E-state index contributed by atoms with van der Waals surface area (Å²) in [6, 6.07) is 6.50. The lowest BCUT2D eigenvalue weighted by atomic mass is 10.2. The fourth-order valence-electron chi connectivity index (χ4n) is 2.29. The summed E-state index contributed by atoms with van der Waals surface area (Å²) in [5, 5.41) is 7.52. The largest absolute Gasteiger partial charge is 0.302 e. The zero-order chi connectivity index (χ0) is 18.0. The molecule has 0 aliphatic heterocycles. The summed E-state index contributed by atoms with van der Waals surface area (Å²) in [5.74, 6) is -0.553. The van der Waals surface area contributed by atoms with Gasteiger partial charge in [-0.3, -0.25) is 24.3 Å². The summed E-state index contributed by atoms with van der Waals surface area (Å²) in [6.07, 6.45) is -0.0246. The quantitative estimate of drug-likeness (QED) is 0.669. The molecule has 1 amide bonds. The van der Waals surface area contributed by atoms with Crippen molar-refractivity contribution in [2.75, 3.05) is 5.32 Å². The topological polar surface area (TPSA) is 114 Å². The summed E-state index contributed by atoms with van der Waals surface area (Å²) in [6.45, 7) is 1.42. The first-order chi connectivity index (χ1) is 12.0. The minimum absolute atomic E-state index is 0.0235. The molecule has 0 spiro atoms. The summed E-state index contributed by atoms with van der Waals surface area (Å²) in [5.41, 5.74) is -0.465. The minimum atomic E-state index is -0.387. The van der Waals surface area contributed by atoms with Crippen molar-refractivity contribution in [3.8, 4) is 0 Å². The molecule has 0 unspecified atom stereocenters. The van der Waals surface area contributed by atoms with Crippen LogP contribution in [-0.2, 0) is 11.3 Å². The monoisotopic (exact) mass is 358 g/mol. The zero-order valence-electron chi connectivity index (χ0n) is 13.2. The maximum absolute atomic E-state index is 12.3. The molecule has 8 nitrogen and oxygen atoms in total. The molecule has 2 aromatic heterocycles. The van der Waals surface area contributed by atoms with Crippen molar-refractivity contribution in [1.29, 1.82) is 0 Å². The normalized spacial score (nSPS) is 10.8. The van der Waals surface area contributed by atoms with Gasteiger partial charge in [0.1, 0.15) is 5.69 Å². The average Bonchev–Trinajstić information content (AvgIpc) is 3.05. The number of anilines is 1. The highest BCUT2D eigenvalue weighted by Gasteiger charge is 2.11. The van der Waals surface area contributed by atoms with Gasteiger partial charge in [0, 0.05) is 18.7 Å². The molecule has 3 aromatic rings. The lowest BCUT2D eigenvalue weighted by Gasteiger charge is -2.07. The molecule has 3 rings (SSSR count). The Morgan fingerprint density at radius 2 is 1.96 bits per heavy atom. The van der Waals surface area contributed by atoms with Crippen LogP contribution in [0.2, 0.25) is 0 Å². The standard InChI is InChI=1S/C16H14N4O4S/c1-9(21)12-8-25-16(17-12)18-13(22)6-7-20-15(24)11-5-3-2-4-10(11)14(23)19-20/h2-5,8H,6-7H2,1H3,(H,19,23)(H,17,18,22). The van der Waals surface area contributed by atoms with Crippen LogP contribution in [0.25, 0.3) is 10.8 Å². The lowest BCUT2D eigenvalue weighted by molar-refractivity contribution is -0.116. The van der Waals surface area contributed by atoms with E-state index >= 15 is 0 Å². The number of ketones is 1. The maximum atomic E-state index is 12.3. The van der Waals surface area contributed by atoms with E-state index < -0.39 is 0 Å². The zero-order valence-corrected chi connectivity index (χ0v) is 14.1. The average molecular weight is 358 g/mol. The number of hydrogen-bond acceptors (Lipinski definition) is 6. The Morgan fingerprint density at radius 3 is 2.64 bits per heavy atom. The number of aromatic nitrogens is 3. The smallest absolute Gasteiger partial charge is 0.273 e. The highest BCUT2D eigenvalue weighted by atomic mass is 32.1. The van der Waals surface area contributed by atoms with E-state index in [4.69, 9.17) is 0 Å². The Kier molecular flexibility index (Phi) is 4.57. The third-order valence-electron chi connectivity index (χ3n) is 3.56. The minimum Gasteiger partial charge on any atom is -0.302 e. The van der Waals surface area contributed by atoms with Crippen LogP contribution < -0.4 is 16.4 Å². The molecule has 128 valence electrons. The van der Waals surface area contributed by atoms with Crippen molar-refractivity contribution in [1.82, 2.24) is 14.8 Å². The van der Waals surface area contributed by atoms with Gasteiger partial charge in [-0.15, -0.1) is 11.3 Å². The number of aromatic amines is 1. The highest BCUT2D eigenvalue weighted by molar-refractivity contribution is 7.14. The molecule has 2 heterocycles. The van der Waals surface area contributed by atoms with Gasteiger partial charge in [-0.1, -0.05) is 12.1 Å². The Morgan fingerprint density at radius 1 is 1.24 bits per heavy atom. The number of carbonyl (C=O) groups excluding carboxylic acids is 2. The van der Waals surface area contributed by atoms with Crippen molar-refractivity contribution >= 4 is 38.9 Å². The Bertz CT molecular complexity index is 1080. The number of hydrogen-bond donors (Lipinski definition) is 2. The van der Waals surface area contributed by atoms with Crippen LogP contribution >= 0.6 is 11.3 Å². The second-order valence-electron chi connectivity index (χ2n) is 5.34. The van der Waals surface area contributed by atoms with E-state index in [9.17, 15) is 19.2 Å². The lowest BCUT2D eigenvalue weighted by Crippen LogP contribution is -2.31. The summed E-state index contributed by atoms with van der Waals surface area (Å²) < 4.78 is 1.12. The fraction of sp³-hybridized carbons (Fsp3) is 0.188. The first-order valence-corrected chi connectivity index (χ1v) is 8.32. The van der Waals surface area contributed by atoms with E-state index in [0.717, 1.165) is 16.0 Å². The molecular formula is C16H14N4O4S. The second-order valence-corrected chi connectivity index (χ2v) is 6.19. The Balaban J connectivity index is 1.73. The third-order valence-corrected chi connectivity index (χ3v) is 4.32. The number of H-pyrrole nitrogens is 1. The molecule has 0 bridgehead atoms. The van der Waals surface area contributed by atoms with Gasteiger partial charge < -0.3 is 5.32 Å². The molecule has 0 saturated carbocycles. The van der Waals surface area contributed by atoms with Crippen LogP contribution in [0, 0.1) is 0 Å². The van der Waals surface area contributed by atoms with E-state index in [1.165, 1.54) is 6.92 Å². The molecule has 2 N–H and O–H groups in total. The van der Waals surface area contributed by atoms with Crippen molar-refractivity contribution in [2.24, 2.45) is 0 Å². The Labute approximate surface area is 145 Å². The highest BCUT2D eigenvalue weighted by Crippen LogP contribution is 2.15. The van der Waals surface area contributed by atoms with Crippen LogP contribution in [0.3, 0.4) is 0 Å². The summed E-state index contributed by atoms with van der Waals surface area (Å²) in [7, 11) is 0. The molecule has 0 aliphatic rings. The number of thiazole rings is 1. The molecule has 0 saturated heterocycles. The Hall–Kier alpha value is -3.07. The molecule has 0 fully saturated rings. The van der Waals surface area contributed by atoms with Crippen molar-refractivity contribution in [3.05, 3.63) is 56.0 Å². The molecule has 1 aromatic carbocycles. The van der Waals surface area contributed by atoms with Gasteiger partial charge in [-0.25, -0.2) is 9.67 Å². The second kappa shape index (κ2) is 6.81. The number of carbonyl (C=O) groups is 2. The van der Waals surface area contributed by atoms with Crippen LogP contribution in [-0.4, -0.2) is 26.5 Å². The van der Waals surface area contributed by atoms with E-state index in [1.54, 1.807) is 29.6 Å². The number of nitrogens with one attached hydrogen (secondary N) is 2. The van der Waals surface area contributed by atoms with Gasteiger partial charge in [0.15, 0.2) is 10.9 Å². The van der Waals surface area contributed by atoms with Crippen LogP contribution in [0.1, 0.15) is 23.8 Å². The van der Waals surface area contributed by atoms with E-state index in [-0.39, 0.29) is 41.5 Å². The van der Waals surface area contributed by atoms with Crippen LogP contribution in [0.15, 0.2) is 39.2 Å². The van der Waals surface area contributed by atoms with Crippen molar-refractivity contribution < 1.29 is 9.59 Å². The van der Waals surface area contributed by atoms with E-state index in [0.29, 0.717) is 15.9 Å². The molecule has 9 heteroatoms. The fourth-order valence-corrected chi connectivity index (χ4v) is 3.06. The number of fused-ring (bicyclic) bond motifs is 1. The number of Topliss-reactive ketones (excluding diaryl/α,β-unsaturated/α-hetero) is 1. The number of benzene rings is 1. The van der Waals surface area contributed by atoms with Gasteiger partial charge in [0.05, 0.1) is 17.3 Å². The molecule has 0 atom stereocenters. The van der Waals surface area contributed by atoms with Crippen molar-refractivity contribution in [3.63, 3.8) is 0 Å². The number of aryl methyl sites for hydroxylation is 1. The van der Waals surface area contributed by atoms with Gasteiger partial charge in [-0.2, -0.15) is 0 Å². The molecule has 0 radical (unpaired) electrons. The van der Waals surface area contributed by atoms with Gasteiger partial charge >= 0.3 is 0 Å². The first kappa shape index (κ1) is 16.8. The summed E-state index contributed by atoms with van der Waals surface area (Å²) >= 11 is 1.15. The van der Waals surface area contributed by atoms with Crippen LogP contribution in [0.5, 0.6) is 0 Å². The van der Waals surface area contributed by atoms with Gasteiger partial charge in [0.2, 0.25) is 5.91 Å². The molecule has 0 aliphatic carbocycles. The van der Waals surface area contributed by atoms with Crippen LogP contribution in [0.4, 0.5) is 5.13 Å². The summed E-state index contributed by atoms with van der Waals surface area (Å²) in [4.78, 5) is 51.5. The number of amides is 1. The predicted molar refractivity (Wildman–Crippen MR) is 94.2 cm³/mol. The van der Waals surface area contributed by atoms with Gasteiger partial charge in [0.25, 0.3) is 11.1 Å². The number of nitrogens with zero attached hydrogens (tertiary/aromatic N) is 2. The first-order valence-electron chi connectivity index (χ1n) is 7.44. The van der Waals surface area contributed by atoms with E-state index in [1.807, 2.05) is 0 Å².